The Morgan fingerprint density at radius 1 is 0.953 bits per heavy atom. The molecule has 11 heteroatoms. The lowest BCUT2D eigenvalue weighted by Crippen LogP contribution is -2.51. The van der Waals surface area contributed by atoms with Gasteiger partial charge in [0.15, 0.2) is 0 Å². The first-order valence-corrected chi connectivity index (χ1v) is 14.9. The van der Waals surface area contributed by atoms with E-state index < -0.39 is 23.9 Å². The van der Waals surface area contributed by atoms with E-state index in [4.69, 9.17) is 9.47 Å². The minimum Gasteiger partial charge on any atom is -0.491 e. The topological polar surface area (TPSA) is 129 Å². The number of ether oxygens (including phenoxy) is 2. The van der Waals surface area contributed by atoms with Crippen LogP contribution in [0.25, 0.3) is 0 Å². The molecule has 1 saturated heterocycles. The lowest BCUT2D eigenvalue weighted by molar-refractivity contribution is -0.137. The number of para-hydroxylation sites is 1. The number of carbonyl (C=O) groups is 4. The lowest BCUT2D eigenvalue weighted by Gasteiger charge is -2.27. The molecule has 0 unspecified atom stereocenters. The Morgan fingerprint density at radius 3 is 2.37 bits per heavy atom. The van der Waals surface area contributed by atoms with Gasteiger partial charge in [-0.1, -0.05) is 50.2 Å². The second kappa shape index (κ2) is 15.5. The van der Waals surface area contributed by atoms with Crippen molar-refractivity contribution < 1.29 is 28.7 Å². The van der Waals surface area contributed by atoms with Crippen LogP contribution in [0.5, 0.6) is 5.75 Å². The van der Waals surface area contributed by atoms with E-state index in [9.17, 15) is 19.2 Å². The van der Waals surface area contributed by atoms with Crippen molar-refractivity contribution in [1.29, 1.82) is 0 Å². The van der Waals surface area contributed by atoms with E-state index in [1.165, 1.54) is 10.5 Å². The third-order valence-electron chi connectivity index (χ3n) is 7.72. The zero-order valence-electron chi connectivity index (χ0n) is 25.3. The molecule has 0 aliphatic carbocycles. The smallest absolute Gasteiger partial charge is 0.255 e. The van der Waals surface area contributed by atoms with Crippen molar-refractivity contribution in [2.45, 2.75) is 51.9 Å². The van der Waals surface area contributed by atoms with Gasteiger partial charge in [-0.2, -0.15) is 0 Å². The predicted octanol–water partition coefficient (Wildman–Crippen LogP) is 1.71. The molecular formula is C32H43N5O6. The molecule has 2 aromatic rings. The Kier molecular flexibility index (Phi) is 11.5. The van der Waals surface area contributed by atoms with Gasteiger partial charge in [0.2, 0.25) is 17.7 Å². The van der Waals surface area contributed by atoms with Gasteiger partial charge in [0, 0.05) is 39.6 Å². The first-order valence-electron chi connectivity index (χ1n) is 14.9. The van der Waals surface area contributed by atoms with Crippen LogP contribution in [0.15, 0.2) is 48.5 Å². The molecule has 2 aliphatic heterocycles. The number of benzene rings is 2. The van der Waals surface area contributed by atoms with E-state index in [1.807, 2.05) is 38.1 Å². The fraction of sp³-hybridized carbons (Fsp3) is 0.500. The van der Waals surface area contributed by atoms with Crippen LogP contribution in [0.1, 0.15) is 48.2 Å². The predicted molar refractivity (Wildman–Crippen MR) is 161 cm³/mol. The summed E-state index contributed by atoms with van der Waals surface area (Å²) >= 11 is 0. The van der Waals surface area contributed by atoms with Gasteiger partial charge in [-0.05, 0) is 35.6 Å². The molecule has 4 amide bonds. The molecule has 0 aromatic heterocycles. The molecule has 0 radical (unpaired) electrons. The standard InChI is InChI=1S/C32H43N5O6/c1-22(2)29-32(41)36(3)14-19-43-27-7-5-4-6-25(27)30(39)34-26(12-13-28(38)35-29)31(40)33-20-23-8-10-24(11-9-23)21-37-15-17-42-18-16-37/h4-11,22,26,29H,12-21H2,1-3H3,(H,33,40)(H,34,39)(H,35,38)/t26-,29+/m0/s1. The van der Waals surface area contributed by atoms with E-state index in [-0.39, 0.29) is 55.8 Å². The highest BCUT2D eigenvalue weighted by Crippen LogP contribution is 2.19. The van der Waals surface area contributed by atoms with Crippen LogP contribution in [0.4, 0.5) is 0 Å². The van der Waals surface area contributed by atoms with Crippen LogP contribution < -0.4 is 20.7 Å². The van der Waals surface area contributed by atoms with E-state index in [0.29, 0.717) is 5.75 Å². The third-order valence-corrected chi connectivity index (χ3v) is 7.72. The van der Waals surface area contributed by atoms with Gasteiger partial charge in [-0.15, -0.1) is 0 Å². The molecule has 4 rings (SSSR count). The number of carbonyl (C=O) groups excluding carboxylic acids is 4. The van der Waals surface area contributed by atoms with Gasteiger partial charge < -0.3 is 30.3 Å². The second-order valence-corrected chi connectivity index (χ2v) is 11.4. The maximum atomic E-state index is 13.4. The highest BCUT2D eigenvalue weighted by atomic mass is 16.5. The number of nitrogens with zero attached hydrogens (tertiary/aromatic N) is 2. The summed E-state index contributed by atoms with van der Waals surface area (Å²) in [5.74, 6) is -1.28. The molecule has 0 saturated carbocycles. The molecule has 43 heavy (non-hydrogen) atoms. The minimum atomic E-state index is -0.979. The van der Waals surface area contributed by atoms with Gasteiger partial charge >= 0.3 is 0 Å². The van der Waals surface area contributed by atoms with Crippen molar-refractivity contribution in [3.05, 3.63) is 65.2 Å². The third kappa shape index (κ3) is 9.26. The maximum Gasteiger partial charge on any atom is 0.255 e. The normalized spacial score (nSPS) is 21.1. The number of hydrogen-bond donors (Lipinski definition) is 3. The Hall–Kier alpha value is -3.96. The van der Waals surface area contributed by atoms with Crippen LogP contribution in [0.3, 0.4) is 0 Å². The van der Waals surface area contributed by atoms with Crippen molar-refractivity contribution in [3.63, 3.8) is 0 Å². The molecule has 0 bridgehead atoms. The van der Waals surface area contributed by atoms with E-state index in [0.717, 1.165) is 38.4 Å². The van der Waals surface area contributed by atoms with Crippen molar-refractivity contribution >= 4 is 23.6 Å². The Morgan fingerprint density at radius 2 is 1.65 bits per heavy atom. The van der Waals surface area contributed by atoms with Crippen LogP contribution in [-0.2, 0) is 32.2 Å². The quantitative estimate of drug-likeness (QED) is 0.465. The fourth-order valence-corrected chi connectivity index (χ4v) is 5.05. The summed E-state index contributed by atoms with van der Waals surface area (Å²) in [6, 6.07) is 13.1. The number of likely N-dealkylation sites (N-methyl/N-ethyl adjacent to an activating group) is 1. The first-order chi connectivity index (χ1) is 20.7. The summed E-state index contributed by atoms with van der Waals surface area (Å²) < 4.78 is 11.3. The first kappa shape index (κ1) is 32.0. The summed E-state index contributed by atoms with van der Waals surface area (Å²) in [4.78, 5) is 56.6. The van der Waals surface area contributed by atoms with Gasteiger partial charge in [-0.3, -0.25) is 24.1 Å². The van der Waals surface area contributed by atoms with Crippen LogP contribution >= 0.6 is 0 Å². The summed E-state index contributed by atoms with van der Waals surface area (Å²) in [6.45, 7) is 8.57. The molecule has 232 valence electrons. The second-order valence-electron chi connectivity index (χ2n) is 11.4. The molecule has 2 heterocycles. The van der Waals surface area contributed by atoms with Gasteiger partial charge in [0.1, 0.15) is 24.4 Å². The van der Waals surface area contributed by atoms with Crippen molar-refractivity contribution in [2.24, 2.45) is 5.92 Å². The highest BCUT2D eigenvalue weighted by Gasteiger charge is 2.29. The van der Waals surface area contributed by atoms with Crippen molar-refractivity contribution in [1.82, 2.24) is 25.8 Å². The summed E-state index contributed by atoms with van der Waals surface area (Å²) in [5, 5.41) is 8.53. The summed E-state index contributed by atoms with van der Waals surface area (Å²) in [5.41, 5.74) is 2.37. The maximum absolute atomic E-state index is 13.4. The SMILES string of the molecule is CC(C)[C@H]1NC(=O)CC[C@@H](C(=O)NCc2ccc(CN3CCOCC3)cc2)NC(=O)c2ccccc2OCCN(C)C1=O. The monoisotopic (exact) mass is 593 g/mol. The summed E-state index contributed by atoms with van der Waals surface area (Å²) in [7, 11) is 1.65. The fourth-order valence-electron chi connectivity index (χ4n) is 5.05. The molecule has 0 spiro atoms. The van der Waals surface area contributed by atoms with Crippen molar-refractivity contribution in [3.8, 4) is 5.75 Å². The average Bonchev–Trinajstić information content (AvgIpc) is 3.01. The highest BCUT2D eigenvalue weighted by molar-refractivity contribution is 5.99. The zero-order valence-corrected chi connectivity index (χ0v) is 25.3. The molecule has 11 nitrogen and oxygen atoms in total. The van der Waals surface area contributed by atoms with E-state index in [2.05, 4.69) is 20.9 Å². The lowest BCUT2D eigenvalue weighted by atomic mass is 10.0. The average molecular weight is 594 g/mol. The largest absolute Gasteiger partial charge is 0.491 e. The van der Waals surface area contributed by atoms with Crippen molar-refractivity contribution in [2.75, 3.05) is 46.5 Å². The Labute approximate surface area is 253 Å². The summed E-state index contributed by atoms with van der Waals surface area (Å²) in [6.07, 6.45) is 0.00667. The van der Waals surface area contributed by atoms with Gasteiger partial charge in [0.25, 0.3) is 5.91 Å². The number of hydrogen-bond acceptors (Lipinski definition) is 7. The molecule has 2 aliphatic rings. The number of nitrogens with one attached hydrogen (secondary N) is 3. The molecule has 3 N–H and O–H groups in total. The van der Waals surface area contributed by atoms with E-state index in [1.54, 1.807) is 31.3 Å². The molecule has 2 atom stereocenters. The molecule has 2 aromatic carbocycles. The minimum absolute atomic E-state index is 0.0486. The van der Waals surface area contributed by atoms with Crippen LogP contribution in [0.2, 0.25) is 0 Å². The number of amides is 4. The Balaban J connectivity index is 1.45. The number of morpholine rings is 1. The van der Waals surface area contributed by atoms with Crippen LogP contribution in [0, 0.1) is 5.92 Å². The zero-order chi connectivity index (χ0) is 30.8. The van der Waals surface area contributed by atoms with Gasteiger partial charge in [-0.25, -0.2) is 0 Å². The molecular weight excluding hydrogens is 550 g/mol. The van der Waals surface area contributed by atoms with Crippen LogP contribution in [-0.4, -0.2) is 92.0 Å². The molecule has 1 fully saturated rings. The Bertz CT molecular complexity index is 1260. The number of fused-ring (bicyclic) bond motifs is 1. The number of rotatable bonds is 6. The van der Waals surface area contributed by atoms with Gasteiger partial charge in [0.05, 0.1) is 25.3 Å². The van der Waals surface area contributed by atoms with E-state index >= 15 is 0 Å².